The third-order valence-corrected chi connectivity index (χ3v) is 2.69. The topological polar surface area (TPSA) is 36.9 Å². The third-order valence-electron chi connectivity index (χ3n) is 1.86. The minimum absolute atomic E-state index is 0.229. The zero-order valence-corrected chi connectivity index (χ0v) is 12.5. The number of hydrogen-bond acceptors (Lipinski definition) is 4. The number of ether oxygens (including phenoxy) is 3. The van der Waals surface area contributed by atoms with E-state index in [4.69, 9.17) is 18.6 Å². The first kappa shape index (κ1) is 17.3. The van der Waals surface area contributed by atoms with Crippen LogP contribution in [-0.2, 0) is 18.6 Å². The van der Waals surface area contributed by atoms with Crippen molar-refractivity contribution in [2.75, 3.05) is 26.4 Å². The Morgan fingerprint density at radius 3 is 1.56 bits per heavy atom. The molecule has 18 heavy (non-hydrogen) atoms. The van der Waals surface area contributed by atoms with Gasteiger partial charge in [0.25, 0.3) is 0 Å². The van der Waals surface area contributed by atoms with Crippen LogP contribution in [0.25, 0.3) is 0 Å². The molecule has 0 N–H and O–H groups in total. The lowest BCUT2D eigenvalue weighted by Gasteiger charge is -2.32. The highest BCUT2D eigenvalue weighted by atomic mass is 28.3. The Hall–Kier alpha value is -0.723. The molecule has 0 saturated heterocycles. The largest absolute Gasteiger partial charge is 0.412 e. The molecule has 0 aliphatic heterocycles. The molecule has 0 amide bonds. The Labute approximate surface area is 112 Å². The van der Waals surface area contributed by atoms with Crippen molar-refractivity contribution in [3.8, 4) is 0 Å². The molecule has 0 fully saturated rings. The zero-order chi connectivity index (χ0) is 13.9. The second kappa shape index (κ2) is 10.2. The van der Waals surface area contributed by atoms with Crippen LogP contribution in [0.5, 0.6) is 0 Å². The maximum Gasteiger partial charge on any atom is 0.307 e. The van der Waals surface area contributed by atoms with Crippen LogP contribution in [0.4, 0.5) is 0 Å². The Kier molecular flexibility index (Phi) is 9.81. The fraction of sp³-hybridized carbons (Fsp3) is 0.538. The Bertz CT molecular complexity index is 222. The van der Waals surface area contributed by atoms with Crippen molar-refractivity contribution in [2.45, 2.75) is 19.1 Å². The van der Waals surface area contributed by atoms with E-state index in [1.165, 1.54) is 0 Å². The Morgan fingerprint density at radius 2 is 1.28 bits per heavy atom. The van der Waals surface area contributed by atoms with Crippen molar-refractivity contribution in [1.29, 1.82) is 0 Å². The summed E-state index contributed by atoms with van der Waals surface area (Å²) in [7, 11) is -1.19. The van der Waals surface area contributed by atoms with E-state index in [0.29, 0.717) is 19.8 Å². The van der Waals surface area contributed by atoms with Crippen LogP contribution in [0.1, 0.15) is 0 Å². The molecule has 104 valence electrons. The van der Waals surface area contributed by atoms with Crippen LogP contribution in [-0.4, -0.2) is 41.4 Å². The number of hydrogen-bond donors (Lipinski definition) is 0. The quantitative estimate of drug-likeness (QED) is 0.310. The summed E-state index contributed by atoms with van der Waals surface area (Å²) in [6, 6.07) is 0. The van der Waals surface area contributed by atoms with Gasteiger partial charge in [-0.15, -0.1) is 19.7 Å². The first-order valence-electron chi connectivity index (χ1n) is 5.96. The van der Waals surface area contributed by atoms with Gasteiger partial charge in [-0.1, -0.05) is 18.2 Å². The van der Waals surface area contributed by atoms with Gasteiger partial charge < -0.3 is 18.6 Å². The van der Waals surface area contributed by atoms with E-state index in [9.17, 15) is 0 Å². The molecule has 0 rings (SSSR count). The molecule has 0 spiro atoms. The van der Waals surface area contributed by atoms with Gasteiger partial charge >= 0.3 is 5.97 Å². The predicted octanol–water partition coefficient (Wildman–Crippen LogP) is 2.25. The molecule has 0 aromatic rings. The molecule has 0 radical (unpaired) electrons. The average molecular weight is 272 g/mol. The van der Waals surface area contributed by atoms with Crippen molar-refractivity contribution in [1.82, 2.24) is 0 Å². The summed E-state index contributed by atoms with van der Waals surface area (Å²) in [6.45, 7) is 16.1. The molecule has 0 atom stereocenters. The van der Waals surface area contributed by atoms with E-state index < -0.39 is 15.0 Å². The van der Waals surface area contributed by atoms with Crippen molar-refractivity contribution in [3.63, 3.8) is 0 Å². The maximum absolute atomic E-state index is 5.66. The standard InChI is InChI=1S/C13H24O4Si/c1-6-9-14-13(15-10-7-2,16-11-8-3)12-17-18(4)5/h6-8,18H,1-3,9-12H2,4-5H3. The Morgan fingerprint density at radius 1 is 0.889 bits per heavy atom. The van der Waals surface area contributed by atoms with Crippen LogP contribution >= 0.6 is 0 Å². The highest BCUT2D eigenvalue weighted by Crippen LogP contribution is 2.17. The second-order valence-corrected chi connectivity index (χ2v) is 6.27. The molecular formula is C13H24O4Si. The lowest BCUT2D eigenvalue weighted by Crippen LogP contribution is -2.45. The monoisotopic (exact) mass is 272 g/mol. The van der Waals surface area contributed by atoms with E-state index >= 15 is 0 Å². The zero-order valence-electron chi connectivity index (χ0n) is 11.4. The third kappa shape index (κ3) is 7.57. The molecule has 0 aliphatic carbocycles. The van der Waals surface area contributed by atoms with E-state index in [1.807, 2.05) is 0 Å². The van der Waals surface area contributed by atoms with Gasteiger partial charge in [-0.3, -0.25) is 0 Å². The summed E-state index contributed by atoms with van der Waals surface area (Å²) in [5.74, 6) is -1.21. The van der Waals surface area contributed by atoms with E-state index in [0.717, 1.165) is 0 Å². The van der Waals surface area contributed by atoms with Gasteiger partial charge in [-0.05, 0) is 13.1 Å². The van der Waals surface area contributed by atoms with Gasteiger partial charge in [0, 0.05) is 0 Å². The number of rotatable bonds is 12. The molecule has 0 aliphatic rings. The summed E-state index contributed by atoms with van der Waals surface area (Å²) in [4.78, 5) is 0. The summed E-state index contributed by atoms with van der Waals surface area (Å²) in [5.41, 5.74) is 0. The minimum Gasteiger partial charge on any atom is -0.412 e. The molecule has 0 unspecified atom stereocenters. The van der Waals surface area contributed by atoms with Crippen LogP contribution < -0.4 is 0 Å². The smallest absolute Gasteiger partial charge is 0.307 e. The van der Waals surface area contributed by atoms with Crippen molar-refractivity contribution in [2.24, 2.45) is 0 Å². The first-order valence-corrected chi connectivity index (χ1v) is 8.74. The van der Waals surface area contributed by atoms with E-state index in [-0.39, 0.29) is 6.61 Å². The highest BCUT2D eigenvalue weighted by Gasteiger charge is 2.33. The van der Waals surface area contributed by atoms with Gasteiger partial charge in [-0.2, -0.15) is 0 Å². The Balaban J connectivity index is 4.65. The van der Waals surface area contributed by atoms with Gasteiger partial charge in [0.2, 0.25) is 0 Å². The molecule has 5 heteroatoms. The second-order valence-electron chi connectivity index (χ2n) is 3.84. The summed E-state index contributed by atoms with van der Waals surface area (Å²) < 4.78 is 22.4. The first-order chi connectivity index (χ1) is 8.60. The van der Waals surface area contributed by atoms with E-state index in [2.05, 4.69) is 32.8 Å². The van der Waals surface area contributed by atoms with Crippen molar-refractivity contribution >= 4 is 9.04 Å². The van der Waals surface area contributed by atoms with Crippen molar-refractivity contribution < 1.29 is 18.6 Å². The van der Waals surface area contributed by atoms with Crippen LogP contribution in [0, 0.1) is 0 Å². The van der Waals surface area contributed by atoms with Gasteiger partial charge in [0.05, 0.1) is 19.8 Å². The maximum atomic E-state index is 5.66. The van der Waals surface area contributed by atoms with Crippen LogP contribution in [0.3, 0.4) is 0 Å². The lowest BCUT2D eigenvalue weighted by atomic mass is 10.5. The van der Waals surface area contributed by atoms with Gasteiger partial charge in [-0.25, -0.2) is 0 Å². The molecule has 0 aromatic carbocycles. The molecule has 4 nitrogen and oxygen atoms in total. The predicted molar refractivity (Wildman–Crippen MR) is 76.0 cm³/mol. The fourth-order valence-electron chi connectivity index (χ4n) is 1.08. The normalized spacial score (nSPS) is 11.5. The summed E-state index contributed by atoms with van der Waals surface area (Å²) in [6.07, 6.45) is 4.91. The molecular weight excluding hydrogens is 248 g/mol. The van der Waals surface area contributed by atoms with Gasteiger partial charge in [0.1, 0.15) is 6.61 Å². The van der Waals surface area contributed by atoms with Crippen LogP contribution in [0.2, 0.25) is 13.1 Å². The lowest BCUT2D eigenvalue weighted by molar-refractivity contribution is -0.379. The molecule has 0 heterocycles. The van der Waals surface area contributed by atoms with Crippen molar-refractivity contribution in [3.05, 3.63) is 38.0 Å². The SMILES string of the molecule is C=CCOC(CO[SiH](C)C)(OCC=C)OCC=C. The average Bonchev–Trinajstić information content (AvgIpc) is 2.37. The minimum atomic E-state index is -1.21. The van der Waals surface area contributed by atoms with Gasteiger partial charge in [0.15, 0.2) is 9.04 Å². The fourth-order valence-corrected chi connectivity index (χ4v) is 1.61. The van der Waals surface area contributed by atoms with Crippen LogP contribution in [0.15, 0.2) is 38.0 Å². The highest BCUT2D eigenvalue weighted by molar-refractivity contribution is 6.48. The summed E-state index contributed by atoms with van der Waals surface area (Å²) in [5, 5.41) is 0. The summed E-state index contributed by atoms with van der Waals surface area (Å²) >= 11 is 0. The molecule has 0 saturated carbocycles. The molecule has 0 aromatic heterocycles. The van der Waals surface area contributed by atoms with E-state index in [1.54, 1.807) is 18.2 Å². The molecule has 0 bridgehead atoms.